The monoisotopic (exact) mass is 332 g/mol. The Morgan fingerprint density at radius 2 is 2.09 bits per heavy atom. The van der Waals surface area contributed by atoms with Gasteiger partial charge < -0.3 is 0 Å². The van der Waals surface area contributed by atoms with Gasteiger partial charge in [0.25, 0.3) is 0 Å². The van der Waals surface area contributed by atoms with Gasteiger partial charge in [-0.3, -0.25) is 14.7 Å². The number of hydrogen-bond acceptors (Lipinski definition) is 7. The predicted octanol–water partition coefficient (Wildman–Crippen LogP) is 2.16. The van der Waals surface area contributed by atoms with Gasteiger partial charge in [0.15, 0.2) is 5.16 Å². The second-order valence-corrected chi connectivity index (χ2v) is 6.06. The first-order chi connectivity index (χ1) is 10.7. The summed E-state index contributed by atoms with van der Waals surface area (Å²) < 4.78 is 1.92. The minimum atomic E-state index is -0.151. The van der Waals surface area contributed by atoms with Crippen LogP contribution in [0.25, 0.3) is 5.69 Å². The lowest BCUT2D eigenvalue weighted by Crippen LogP contribution is -2.14. The summed E-state index contributed by atoms with van der Waals surface area (Å²) in [5, 5.41) is 19.5. The Balaban J connectivity index is 1.70. The molecule has 2 aromatic heterocycles. The number of para-hydroxylation sites is 1. The first-order valence-corrected chi connectivity index (χ1v) is 8.27. The minimum absolute atomic E-state index is 0.151. The number of thioether (sulfide) groups is 1. The molecule has 0 aliphatic rings. The van der Waals surface area contributed by atoms with Crippen LogP contribution in [0.1, 0.15) is 5.82 Å². The molecule has 1 amide bonds. The van der Waals surface area contributed by atoms with Gasteiger partial charge in [-0.1, -0.05) is 41.3 Å². The van der Waals surface area contributed by atoms with Gasteiger partial charge in [0.1, 0.15) is 11.3 Å². The summed E-state index contributed by atoms with van der Waals surface area (Å²) in [5.41, 5.74) is 2.54. The number of nitrogens with one attached hydrogen (secondary N) is 1. The molecule has 0 aliphatic heterocycles. The van der Waals surface area contributed by atoms with Crippen LogP contribution < -0.4 is 5.32 Å². The standard InChI is InChI=1S/C13H12N6OS2/c1-9-16-18-13(19(9)10-5-3-2-4-6-10)21-7-11(20)15-12-17-14-8-22-12/h2-6,8H,7H2,1H3,(H,15,17,20). The van der Waals surface area contributed by atoms with Crippen molar-refractivity contribution >= 4 is 34.1 Å². The molecule has 1 aromatic carbocycles. The van der Waals surface area contributed by atoms with E-state index in [9.17, 15) is 4.79 Å². The number of hydrogen-bond donors (Lipinski definition) is 1. The van der Waals surface area contributed by atoms with Crippen molar-refractivity contribution in [3.63, 3.8) is 0 Å². The molecule has 0 radical (unpaired) electrons. The summed E-state index contributed by atoms with van der Waals surface area (Å²) in [6.45, 7) is 1.88. The first kappa shape index (κ1) is 14.7. The molecule has 0 saturated carbocycles. The second kappa shape index (κ2) is 6.67. The highest BCUT2D eigenvalue weighted by atomic mass is 32.2. The molecule has 0 aliphatic carbocycles. The summed E-state index contributed by atoms with van der Waals surface area (Å²) in [7, 11) is 0. The summed E-state index contributed by atoms with van der Waals surface area (Å²) in [5.74, 6) is 0.852. The van der Waals surface area contributed by atoms with Crippen molar-refractivity contribution in [2.45, 2.75) is 12.1 Å². The minimum Gasteiger partial charge on any atom is -0.300 e. The lowest BCUT2D eigenvalue weighted by atomic mass is 10.3. The van der Waals surface area contributed by atoms with Crippen LogP contribution in [0.4, 0.5) is 5.13 Å². The zero-order chi connectivity index (χ0) is 15.4. The largest absolute Gasteiger partial charge is 0.300 e. The van der Waals surface area contributed by atoms with Crippen LogP contribution in [0.5, 0.6) is 0 Å². The zero-order valence-electron chi connectivity index (χ0n) is 11.6. The quantitative estimate of drug-likeness (QED) is 0.721. The molecular weight excluding hydrogens is 320 g/mol. The first-order valence-electron chi connectivity index (χ1n) is 6.40. The molecule has 9 heteroatoms. The lowest BCUT2D eigenvalue weighted by Gasteiger charge is -2.07. The van der Waals surface area contributed by atoms with E-state index in [1.165, 1.54) is 23.1 Å². The maximum Gasteiger partial charge on any atom is 0.236 e. The molecule has 0 bridgehead atoms. The second-order valence-electron chi connectivity index (χ2n) is 4.28. The maximum atomic E-state index is 11.9. The van der Waals surface area contributed by atoms with Gasteiger partial charge in [0.2, 0.25) is 11.0 Å². The van der Waals surface area contributed by atoms with Crippen molar-refractivity contribution < 1.29 is 4.79 Å². The van der Waals surface area contributed by atoms with Gasteiger partial charge in [0, 0.05) is 5.69 Å². The van der Waals surface area contributed by atoms with Gasteiger partial charge in [-0.15, -0.1) is 20.4 Å². The van der Waals surface area contributed by atoms with E-state index in [0.29, 0.717) is 10.3 Å². The fraction of sp³-hybridized carbons (Fsp3) is 0.154. The van der Waals surface area contributed by atoms with Crippen LogP contribution in [0.2, 0.25) is 0 Å². The van der Waals surface area contributed by atoms with Crippen molar-refractivity contribution in [1.29, 1.82) is 0 Å². The number of anilines is 1. The predicted molar refractivity (Wildman–Crippen MR) is 85.4 cm³/mol. The fourth-order valence-electron chi connectivity index (χ4n) is 1.82. The average Bonchev–Trinajstić information content (AvgIpc) is 3.16. The molecule has 3 rings (SSSR count). The number of aromatic nitrogens is 5. The zero-order valence-corrected chi connectivity index (χ0v) is 13.3. The van der Waals surface area contributed by atoms with Gasteiger partial charge in [0.05, 0.1) is 5.75 Å². The van der Waals surface area contributed by atoms with E-state index >= 15 is 0 Å². The third-order valence-corrected chi connectivity index (χ3v) is 4.28. The highest BCUT2D eigenvalue weighted by molar-refractivity contribution is 7.99. The Morgan fingerprint density at radius 3 is 2.82 bits per heavy atom. The van der Waals surface area contributed by atoms with E-state index in [4.69, 9.17) is 0 Å². The van der Waals surface area contributed by atoms with Crippen LogP contribution >= 0.6 is 23.1 Å². The number of benzene rings is 1. The van der Waals surface area contributed by atoms with Crippen LogP contribution in [0, 0.1) is 6.92 Å². The van der Waals surface area contributed by atoms with Gasteiger partial charge in [-0.05, 0) is 19.1 Å². The van der Waals surface area contributed by atoms with Crippen LogP contribution in [0.3, 0.4) is 0 Å². The summed E-state index contributed by atoms with van der Waals surface area (Å²) >= 11 is 2.61. The molecule has 2 heterocycles. The number of nitrogens with zero attached hydrogens (tertiary/aromatic N) is 5. The van der Waals surface area contributed by atoms with Crippen molar-refractivity contribution in [3.8, 4) is 5.69 Å². The summed E-state index contributed by atoms with van der Waals surface area (Å²) in [4.78, 5) is 11.9. The normalized spacial score (nSPS) is 10.6. The van der Waals surface area contributed by atoms with E-state index in [0.717, 1.165) is 11.5 Å². The van der Waals surface area contributed by atoms with E-state index in [-0.39, 0.29) is 11.7 Å². The molecule has 0 unspecified atom stereocenters. The smallest absolute Gasteiger partial charge is 0.236 e. The van der Waals surface area contributed by atoms with E-state index in [2.05, 4.69) is 25.7 Å². The molecule has 0 spiro atoms. The molecular formula is C13H12N6OS2. The number of aryl methyl sites for hydroxylation is 1. The maximum absolute atomic E-state index is 11.9. The van der Waals surface area contributed by atoms with Crippen molar-refractivity contribution in [2.24, 2.45) is 0 Å². The Labute approximate surface area is 134 Å². The van der Waals surface area contributed by atoms with Crippen molar-refractivity contribution in [3.05, 3.63) is 41.7 Å². The lowest BCUT2D eigenvalue weighted by molar-refractivity contribution is -0.113. The Hall–Kier alpha value is -2.26. The van der Waals surface area contributed by atoms with E-state index < -0.39 is 0 Å². The number of amides is 1. The van der Waals surface area contributed by atoms with E-state index in [1.807, 2.05) is 41.8 Å². The number of carbonyl (C=O) groups is 1. The molecule has 0 fully saturated rings. The van der Waals surface area contributed by atoms with Crippen LogP contribution in [-0.2, 0) is 4.79 Å². The van der Waals surface area contributed by atoms with Gasteiger partial charge in [-0.2, -0.15) is 0 Å². The SMILES string of the molecule is Cc1nnc(SCC(=O)Nc2nncs2)n1-c1ccccc1. The molecule has 0 atom stereocenters. The van der Waals surface area contributed by atoms with E-state index in [1.54, 1.807) is 5.51 Å². The highest BCUT2D eigenvalue weighted by Gasteiger charge is 2.13. The topological polar surface area (TPSA) is 85.6 Å². The van der Waals surface area contributed by atoms with Gasteiger partial charge in [-0.25, -0.2) is 0 Å². The molecule has 1 N–H and O–H groups in total. The molecule has 7 nitrogen and oxygen atoms in total. The van der Waals surface area contributed by atoms with Crippen LogP contribution in [0.15, 0.2) is 41.0 Å². The number of carbonyl (C=O) groups excluding carboxylic acids is 1. The Morgan fingerprint density at radius 1 is 1.27 bits per heavy atom. The number of rotatable bonds is 5. The van der Waals surface area contributed by atoms with Crippen molar-refractivity contribution in [1.82, 2.24) is 25.0 Å². The molecule has 3 aromatic rings. The third-order valence-electron chi connectivity index (χ3n) is 2.75. The summed E-state index contributed by atoms with van der Waals surface area (Å²) in [6, 6.07) is 9.80. The highest BCUT2D eigenvalue weighted by Crippen LogP contribution is 2.21. The molecule has 112 valence electrons. The van der Waals surface area contributed by atoms with Crippen LogP contribution in [-0.4, -0.2) is 36.6 Å². The van der Waals surface area contributed by atoms with Crippen molar-refractivity contribution in [2.75, 3.05) is 11.1 Å². The van der Waals surface area contributed by atoms with Gasteiger partial charge >= 0.3 is 0 Å². The Bertz CT molecular complexity index is 756. The molecule has 22 heavy (non-hydrogen) atoms. The summed E-state index contributed by atoms with van der Waals surface area (Å²) in [6.07, 6.45) is 0. The average molecular weight is 332 g/mol. The third kappa shape index (κ3) is 3.31. The molecule has 0 saturated heterocycles. The Kier molecular flexibility index (Phi) is 4.45. The fourth-order valence-corrected chi connectivity index (χ4v) is 3.08.